The first-order valence-electron chi connectivity index (χ1n) is 10.0. The molecule has 0 radical (unpaired) electrons. The number of allylic oxidation sites excluding steroid dienone is 1. The highest BCUT2D eigenvalue weighted by Gasteiger charge is 2.11. The summed E-state index contributed by atoms with van der Waals surface area (Å²) in [4.78, 5) is 15.0. The van der Waals surface area contributed by atoms with Crippen molar-refractivity contribution >= 4 is 17.5 Å². The van der Waals surface area contributed by atoms with Gasteiger partial charge >= 0.3 is 0 Å². The first kappa shape index (κ1) is 21.3. The van der Waals surface area contributed by atoms with Gasteiger partial charge in [0.15, 0.2) is 5.78 Å². The Bertz CT molecular complexity index is 993. The molecule has 0 heterocycles. The van der Waals surface area contributed by atoms with Gasteiger partial charge in [-0.3, -0.25) is 4.79 Å². The van der Waals surface area contributed by atoms with Gasteiger partial charge < -0.3 is 15.0 Å². The smallest absolute Gasteiger partial charge is 0.189 e. The third-order valence-electron chi connectivity index (χ3n) is 4.80. The van der Waals surface area contributed by atoms with Crippen LogP contribution in [0, 0.1) is 0 Å². The van der Waals surface area contributed by atoms with Crippen LogP contribution in [0.15, 0.2) is 78.9 Å². The number of carbonyl (C=O) groups excluding carboxylic acids is 1. The maximum absolute atomic E-state index is 12.9. The number of ether oxygens (including phenoxy) is 1. The summed E-state index contributed by atoms with van der Waals surface area (Å²) >= 11 is 0. The third kappa shape index (κ3) is 5.82. The molecular weight excluding hydrogens is 372 g/mol. The molecule has 0 saturated carbocycles. The summed E-state index contributed by atoms with van der Waals surface area (Å²) in [6, 6.07) is 23.8. The molecule has 3 rings (SSSR count). The van der Waals surface area contributed by atoms with Gasteiger partial charge in [0, 0.05) is 18.8 Å². The van der Waals surface area contributed by atoms with Crippen LogP contribution in [0.2, 0.25) is 0 Å². The second-order valence-corrected chi connectivity index (χ2v) is 7.33. The first-order chi connectivity index (χ1) is 14.6. The SMILES string of the molecule is COc1ccc(-c2ccccc2)cc1C(=O)/C=C/c1ccc(NCCN(C)C)cc1. The van der Waals surface area contributed by atoms with Crippen LogP contribution < -0.4 is 10.1 Å². The fourth-order valence-electron chi connectivity index (χ4n) is 3.11. The highest BCUT2D eigenvalue weighted by atomic mass is 16.5. The average molecular weight is 401 g/mol. The van der Waals surface area contributed by atoms with E-state index in [0.29, 0.717) is 11.3 Å². The van der Waals surface area contributed by atoms with Gasteiger partial charge in [-0.25, -0.2) is 0 Å². The quantitative estimate of drug-likeness (QED) is 0.394. The van der Waals surface area contributed by atoms with Crippen molar-refractivity contribution in [3.05, 3.63) is 90.0 Å². The minimum Gasteiger partial charge on any atom is -0.496 e. The number of carbonyl (C=O) groups is 1. The predicted molar refractivity (Wildman–Crippen MR) is 125 cm³/mol. The van der Waals surface area contributed by atoms with Crippen molar-refractivity contribution in [2.75, 3.05) is 39.6 Å². The molecular formula is C26H28N2O2. The molecule has 0 aliphatic heterocycles. The number of nitrogens with one attached hydrogen (secondary N) is 1. The molecule has 0 aliphatic carbocycles. The van der Waals surface area contributed by atoms with E-state index < -0.39 is 0 Å². The molecule has 1 N–H and O–H groups in total. The Balaban J connectivity index is 1.72. The molecule has 0 aromatic heterocycles. The number of anilines is 1. The van der Waals surface area contributed by atoms with Gasteiger partial charge in [0.1, 0.15) is 5.75 Å². The van der Waals surface area contributed by atoms with Gasteiger partial charge in [0.2, 0.25) is 0 Å². The largest absolute Gasteiger partial charge is 0.496 e. The normalized spacial score (nSPS) is 11.1. The molecule has 0 bridgehead atoms. The number of nitrogens with zero attached hydrogens (tertiary/aromatic N) is 1. The number of rotatable bonds is 9. The summed E-state index contributed by atoms with van der Waals surface area (Å²) in [6.07, 6.45) is 3.43. The number of ketones is 1. The second kappa shape index (κ2) is 10.4. The van der Waals surface area contributed by atoms with Crippen molar-refractivity contribution in [2.45, 2.75) is 0 Å². The summed E-state index contributed by atoms with van der Waals surface area (Å²) in [5.41, 5.74) is 4.64. The van der Waals surface area contributed by atoms with Crippen LogP contribution >= 0.6 is 0 Å². The molecule has 0 atom stereocenters. The zero-order valence-corrected chi connectivity index (χ0v) is 17.8. The van der Waals surface area contributed by atoms with E-state index in [1.807, 2.05) is 78.9 Å². The Kier molecular flexibility index (Phi) is 7.41. The Morgan fingerprint density at radius 3 is 2.37 bits per heavy atom. The fourth-order valence-corrected chi connectivity index (χ4v) is 3.11. The number of hydrogen-bond acceptors (Lipinski definition) is 4. The zero-order chi connectivity index (χ0) is 21.3. The molecule has 0 unspecified atom stereocenters. The minimum absolute atomic E-state index is 0.0854. The molecule has 0 aliphatic rings. The van der Waals surface area contributed by atoms with Gasteiger partial charge in [0.25, 0.3) is 0 Å². The molecule has 4 nitrogen and oxygen atoms in total. The molecule has 3 aromatic carbocycles. The molecule has 30 heavy (non-hydrogen) atoms. The molecule has 0 spiro atoms. The molecule has 4 heteroatoms. The van der Waals surface area contributed by atoms with Crippen molar-refractivity contribution in [2.24, 2.45) is 0 Å². The second-order valence-electron chi connectivity index (χ2n) is 7.33. The van der Waals surface area contributed by atoms with Crippen molar-refractivity contribution in [1.82, 2.24) is 4.90 Å². The molecule has 3 aromatic rings. The van der Waals surface area contributed by atoms with E-state index in [-0.39, 0.29) is 5.78 Å². The lowest BCUT2D eigenvalue weighted by Crippen LogP contribution is -2.20. The number of methoxy groups -OCH3 is 1. The van der Waals surface area contributed by atoms with Crippen molar-refractivity contribution in [3.63, 3.8) is 0 Å². The molecule has 0 amide bonds. The summed E-state index contributed by atoms with van der Waals surface area (Å²) in [7, 11) is 5.69. The summed E-state index contributed by atoms with van der Waals surface area (Å²) < 4.78 is 5.41. The lowest BCUT2D eigenvalue weighted by atomic mass is 10.00. The monoisotopic (exact) mass is 400 g/mol. The average Bonchev–Trinajstić information content (AvgIpc) is 2.78. The van der Waals surface area contributed by atoms with E-state index >= 15 is 0 Å². The van der Waals surface area contributed by atoms with E-state index in [9.17, 15) is 4.79 Å². The van der Waals surface area contributed by atoms with Crippen LogP contribution in [0.25, 0.3) is 17.2 Å². The molecule has 0 saturated heterocycles. The standard InChI is InChI=1S/C26H28N2O2/c1-28(2)18-17-27-23-13-9-20(10-14-23)11-15-25(29)24-19-22(12-16-26(24)30-3)21-7-5-4-6-8-21/h4-16,19,27H,17-18H2,1-3H3/b15-11+. The highest BCUT2D eigenvalue weighted by Crippen LogP contribution is 2.27. The Labute approximate surface area is 178 Å². The fraction of sp³-hybridized carbons (Fsp3) is 0.192. The van der Waals surface area contributed by atoms with E-state index in [4.69, 9.17) is 4.74 Å². The zero-order valence-electron chi connectivity index (χ0n) is 17.8. The first-order valence-corrected chi connectivity index (χ1v) is 10.0. The van der Waals surface area contributed by atoms with Gasteiger partial charge in [-0.05, 0) is 61.1 Å². The summed E-state index contributed by atoms with van der Waals surface area (Å²) in [6.45, 7) is 1.86. The predicted octanol–water partition coefficient (Wildman–Crippen LogP) is 5.23. The Hall–Kier alpha value is -3.37. The summed E-state index contributed by atoms with van der Waals surface area (Å²) in [5, 5.41) is 3.38. The van der Waals surface area contributed by atoms with Gasteiger partial charge in [-0.2, -0.15) is 0 Å². The number of benzene rings is 3. The summed E-state index contributed by atoms with van der Waals surface area (Å²) in [5.74, 6) is 0.489. The van der Waals surface area contributed by atoms with Crippen LogP contribution in [0.1, 0.15) is 15.9 Å². The number of likely N-dealkylation sites (N-methyl/N-ethyl adjacent to an activating group) is 1. The van der Waals surface area contributed by atoms with Crippen LogP contribution in [-0.4, -0.2) is 45.0 Å². The van der Waals surface area contributed by atoms with Gasteiger partial charge in [-0.15, -0.1) is 0 Å². The van der Waals surface area contributed by atoms with Crippen LogP contribution in [-0.2, 0) is 0 Å². The lowest BCUT2D eigenvalue weighted by molar-refractivity contribution is 0.104. The van der Waals surface area contributed by atoms with Crippen molar-refractivity contribution < 1.29 is 9.53 Å². The van der Waals surface area contributed by atoms with Gasteiger partial charge in [0.05, 0.1) is 12.7 Å². The van der Waals surface area contributed by atoms with Crippen molar-refractivity contribution in [3.8, 4) is 16.9 Å². The molecule has 0 fully saturated rings. The third-order valence-corrected chi connectivity index (χ3v) is 4.80. The maximum Gasteiger partial charge on any atom is 0.189 e. The van der Waals surface area contributed by atoms with E-state index in [1.54, 1.807) is 13.2 Å². The van der Waals surface area contributed by atoms with Gasteiger partial charge in [-0.1, -0.05) is 54.6 Å². The molecule has 154 valence electrons. The van der Waals surface area contributed by atoms with E-state index in [0.717, 1.165) is 35.5 Å². The van der Waals surface area contributed by atoms with E-state index in [2.05, 4.69) is 24.3 Å². The Morgan fingerprint density at radius 2 is 1.70 bits per heavy atom. The van der Waals surface area contributed by atoms with E-state index in [1.165, 1.54) is 0 Å². The van der Waals surface area contributed by atoms with Crippen LogP contribution in [0.4, 0.5) is 5.69 Å². The highest BCUT2D eigenvalue weighted by molar-refractivity contribution is 6.09. The number of hydrogen-bond donors (Lipinski definition) is 1. The lowest BCUT2D eigenvalue weighted by Gasteiger charge is -2.11. The maximum atomic E-state index is 12.9. The van der Waals surface area contributed by atoms with Crippen LogP contribution in [0.3, 0.4) is 0 Å². The Morgan fingerprint density at radius 1 is 0.967 bits per heavy atom. The topological polar surface area (TPSA) is 41.6 Å². The van der Waals surface area contributed by atoms with Crippen LogP contribution in [0.5, 0.6) is 5.75 Å². The minimum atomic E-state index is -0.0854. The van der Waals surface area contributed by atoms with Crippen molar-refractivity contribution in [1.29, 1.82) is 0 Å².